The molecule has 1 heterocycles. The Balaban J connectivity index is 1.77. The fourth-order valence-electron chi connectivity index (χ4n) is 2.37. The van der Waals surface area contributed by atoms with Crippen molar-refractivity contribution in [1.29, 1.82) is 0 Å². The summed E-state index contributed by atoms with van der Waals surface area (Å²) in [5, 5.41) is 10.7. The van der Waals surface area contributed by atoms with Crippen LogP contribution in [0.15, 0.2) is 23.2 Å². The molecule has 0 atom stereocenters. The number of ether oxygens (including phenoxy) is 1. The Hall–Kier alpha value is -2.64. The maximum absolute atomic E-state index is 13.1. The molecule has 0 aliphatic rings. The smallest absolute Gasteiger partial charge is 0.191 e. The maximum atomic E-state index is 13.1. The number of rotatable bonds is 6. The molecule has 25 heavy (non-hydrogen) atoms. The maximum Gasteiger partial charge on any atom is 0.191 e. The summed E-state index contributed by atoms with van der Waals surface area (Å²) >= 11 is 0. The fourth-order valence-corrected chi connectivity index (χ4v) is 2.37. The van der Waals surface area contributed by atoms with Gasteiger partial charge in [-0.2, -0.15) is 5.10 Å². The molecule has 136 valence electrons. The van der Waals surface area contributed by atoms with E-state index in [1.807, 2.05) is 25.6 Å². The molecule has 0 saturated carbocycles. The van der Waals surface area contributed by atoms with Crippen LogP contribution in [0.3, 0.4) is 0 Å². The Morgan fingerprint density at radius 3 is 2.60 bits per heavy atom. The van der Waals surface area contributed by atoms with Gasteiger partial charge in [-0.15, -0.1) is 0 Å². The number of aliphatic imine (C=N–C) groups is 1. The number of hydrogen-bond donors (Lipinski definition) is 2. The largest absolute Gasteiger partial charge is 0.492 e. The van der Waals surface area contributed by atoms with Crippen molar-refractivity contribution in [1.82, 2.24) is 20.4 Å². The molecule has 0 amide bonds. The number of nitrogens with one attached hydrogen (secondary N) is 2. The van der Waals surface area contributed by atoms with Crippen molar-refractivity contribution < 1.29 is 13.5 Å². The molecule has 0 spiro atoms. The zero-order valence-corrected chi connectivity index (χ0v) is 14.9. The Bertz CT molecular complexity index is 758. The van der Waals surface area contributed by atoms with Gasteiger partial charge in [-0.25, -0.2) is 8.78 Å². The van der Waals surface area contributed by atoms with Crippen LogP contribution in [-0.2, 0) is 13.6 Å². The highest BCUT2D eigenvalue weighted by Gasteiger charge is 2.09. The molecule has 0 aliphatic carbocycles. The van der Waals surface area contributed by atoms with Crippen LogP contribution < -0.4 is 15.4 Å². The van der Waals surface area contributed by atoms with Gasteiger partial charge >= 0.3 is 0 Å². The minimum atomic E-state index is -0.926. The third kappa shape index (κ3) is 4.91. The van der Waals surface area contributed by atoms with E-state index in [1.54, 1.807) is 7.05 Å². The van der Waals surface area contributed by atoms with Crippen LogP contribution in [0.2, 0.25) is 0 Å². The van der Waals surface area contributed by atoms with E-state index in [4.69, 9.17) is 4.74 Å². The van der Waals surface area contributed by atoms with Gasteiger partial charge in [0.1, 0.15) is 12.4 Å². The van der Waals surface area contributed by atoms with Crippen LogP contribution in [0.25, 0.3) is 0 Å². The second kappa shape index (κ2) is 8.46. The van der Waals surface area contributed by atoms with Crippen molar-refractivity contribution in [2.24, 2.45) is 12.0 Å². The summed E-state index contributed by atoms with van der Waals surface area (Å²) in [6, 6.07) is 3.45. The Morgan fingerprint density at radius 1 is 1.24 bits per heavy atom. The van der Waals surface area contributed by atoms with Gasteiger partial charge in [0, 0.05) is 38.0 Å². The number of aromatic nitrogens is 2. The lowest BCUT2D eigenvalue weighted by Gasteiger charge is -2.13. The van der Waals surface area contributed by atoms with Crippen LogP contribution in [-0.4, -0.2) is 35.9 Å². The average Bonchev–Trinajstić information content (AvgIpc) is 2.83. The summed E-state index contributed by atoms with van der Waals surface area (Å²) in [4.78, 5) is 4.14. The number of benzene rings is 1. The fraction of sp³-hybridized carbons (Fsp3) is 0.412. The van der Waals surface area contributed by atoms with E-state index in [0.29, 0.717) is 19.0 Å². The van der Waals surface area contributed by atoms with Crippen LogP contribution in [0, 0.1) is 25.5 Å². The van der Waals surface area contributed by atoms with Crippen LogP contribution >= 0.6 is 0 Å². The highest BCUT2D eigenvalue weighted by Crippen LogP contribution is 2.15. The predicted octanol–water partition coefficient (Wildman–Crippen LogP) is 2.06. The molecule has 6 nitrogen and oxygen atoms in total. The number of nitrogens with zero attached hydrogens (tertiary/aromatic N) is 3. The van der Waals surface area contributed by atoms with Gasteiger partial charge in [-0.05, 0) is 26.0 Å². The summed E-state index contributed by atoms with van der Waals surface area (Å²) in [6.45, 7) is 5.34. The Labute approximate surface area is 145 Å². The zero-order chi connectivity index (χ0) is 18.4. The Morgan fingerprint density at radius 2 is 2.00 bits per heavy atom. The first-order valence-electron chi connectivity index (χ1n) is 7.93. The van der Waals surface area contributed by atoms with Crippen LogP contribution in [0.4, 0.5) is 8.78 Å². The molecule has 0 radical (unpaired) electrons. The van der Waals surface area contributed by atoms with Gasteiger partial charge < -0.3 is 15.4 Å². The molecule has 2 N–H and O–H groups in total. The molecule has 2 rings (SSSR count). The van der Waals surface area contributed by atoms with Crippen molar-refractivity contribution in [2.75, 3.05) is 20.2 Å². The quantitative estimate of drug-likeness (QED) is 0.475. The van der Waals surface area contributed by atoms with Crippen LogP contribution in [0.1, 0.15) is 17.0 Å². The molecule has 8 heteroatoms. The second-order valence-electron chi connectivity index (χ2n) is 5.55. The van der Waals surface area contributed by atoms with Gasteiger partial charge in [0.05, 0.1) is 12.2 Å². The summed E-state index contributed by atoms with van der Waals surface area (Å²) in [6.07, 6.45) is 0. The van der Waals surface area contributed by atoms with Gasteiger partial charge in [-0.1, -0.05) is 0 Å². The van der Waals surface area contributed by atoms with Crippen molar-refractivity contribution in [3.05, 3.63) is 46.8 Å². The third-order valence-corrected chi connectivity index (χ3v) is 3.87. The van der Waals surface area contributed by atoms with Crippen molar-refractivity contribution in [3.63, 3.8) is 0 Å². The summed E-state index contributed by atoms with van der Waals surface area (Å²) < 4.78 is 33.2. The zero-order valence-electron chi connectivity index (χ0n) is 14.9. The highest BCUT2D eigenvalue weighted by molar-refractivity contribution is 5.79. The summed E-state index contributed by atoms with van der Waals surface area (Å²) in [5.41, 5.74) is 3.20. The molecule has 1 aromatic heterocycles. The van der Waals surface area contributed by atoms with Crippen molar-refractivity contribution in [3.8, 4) is 5.75 Å². The first-order valence-corrected chi connectivity index (χ1v) is 7.93. The van der Waals surface area contributed by atoms with Crippen molar-refractivity contribution in [2.45, 2.75) is 20.4 Å². The summed E-state index contributed by atoms with van der Waals surface area (Å²) in [7, 11) is 3.59. The van der Waals surface area contributed by atoms with Crippen molar-refractivity contribution >= 4 is 5.96 Å². The number of guanidine groups is 1. The molecule has 0 bridgehead atoms. The molecule has 1 aromatic carbocycles. The topological polar surface area (TPSA) is 63.5 Å². The van der Waals surface area contributed by atoms with Crippen LogP contribution in [0.5, 0.6) is 5.75 Å². The van der Waals surface area contributed by atoms with E-state index in [0.717, 1.165) is 29.1 Å². The van der Waals surface area contributed by atoms with E-state index in [-0.39, 0.29) is 12.4 Å². The first kappa shape index (κ1) is 18.7. The Kier molecular flexibility index (Phi) is 6.32. The van der Waals surface area contributed by atoms with Gasteiger partial charge in [0.15, 0.2) is 17.6 Å². The normalized spacial score (nSPS) is 11.5. The first-order chi connectivity index (χ1) is 11.9. The molecule has 0 fully saturated rings. The van der Waals surface area contributed by atoms with E-state index in [2.05, 4.69) is 20.7 Å². The standard InChI is InChI=1S/C17H23F2N5O/c1-11-14(12(2)24(4)23-11)10-22-17(20-3)21-7-8-25-13-5-6-15(18)16(19)9-13/h5-6,9H,7-8,10H2,1-4H3,(H2,20,21,22). The molecule has 0 saturated heterocycles. The van der Waals surface area contributed by atoms with E-state index < -0.39 is 11.6 Å². The lowest BCUT2D eigenvalue weighted by atomic mass is 10.2. The molecule has 2 aromatic rings. The predicted molar refractivity (Wildman–Crippen MR) is 92.7 cm³/mol. The summed E-state index contributed by atoms with van der Waals surface area (Å²) in [5.74, 6) is -0.914. The SMILES string of the molecule is CN=C(NCCOc1ccc(F)c(F)c1)NCc1c(C)nn(C)c1C. The van der Waals surface area contributed by atoms with E-state index in [1.165, 1.54) is 6.07 Å². The molecule has 0 unspecified atom stereocenters. The second-order valence-corrected chi connectivity index (χ2v) is 5.55. The number of halogens is 2. The number of aryl methyl sites for hydroxylation is 2. The van der Waals surface area contributed by atoms with Gasteiger partial charge in [-0.3, -0.25) is 9.67 Å². The van der Waals surface area contributed by atoms with E-state index in [9.17, 15) is 8.78 Å². The minimum absolute atomic E-state index is 0.283. The average molecular weight is 351 g/mol. The lowest BCUT2D eigenvalue weighted by molar-refractivity contribution is 0.318. The highest BCUT2D eigenvalue weighted by atomic mass is 19.2. The molecular weight excluding hydrogens is 328 g/mol. The van der Waals surface area contributed by atoms with E-state index >= 15 is 0 Å². The monoisotopic (exact) mass is 351 g/mol. The molecule has 0 aliphatic heterocycles. The lowest BCUT2D eigenvalue weighted by Crippen LogP contribution is -2.39. The molecular formula is C17H23F2N5O. The number of hydrogen-bond acceptors (Lipinski definition) is 3. The minimum Gasteiger partial charge on any atom is -0.492 e. The van der Waals surface area contributed by atoms with Gasteiger partial charge in [0.25, 0.3) is 0 Å². The third-order valence-electron chi connectivity index (χ3n) is 3.87. The van der Waals surface area contributed by atoms with Gasteiger partial charge in [0.2, 0.25) is 0 Å².